The number of carbonyl (C=O) groups is 2. The zero-order valence-corrected chi connectivity index (χ0v) is 18.3. The molecule has 0 unspecified atom stereocenters. The van der Waals surface area contributed by atoms with Crippen LogP contribution in [0.3, 0.4) is 0 Å². The largest absolute Gasteiger partial charge is 0.332 e. The Hall–Kier alpha value is -0.790. The van der Waals surface area contributed by atoms with Gasteiger partial charge in [0, 0.05) is 17.4 Å². The number of hydrogen-bond acceptors (Lipinski definition) is 5. The van der Waals surface area contributed by atoms with Crippen LogP contribution in [0.4, 0.5) is 4.79 Å². The molecule has 0 bridgehead atoms. The van der Waals surface area contributed by atoms with Crippen molar-refractivity contribution >= 4 is 23.6 Å². The monoisotopic (exact) mass is 412 g/mol. The smallest absolute Gasteiger partial charge is 0.315 e. The molecule has 28 heavy (non-hydrogen) atoms. The number of thioether (sulfide) groups is 1. The van der Waals surface area contributed by atoms with Crippen molar-refractivity contribution in [2.24, 2.45) is 11.5 Å². The molecule has 0 aromatic carbocycles. The number of amides is 2. The Morgan fingerprint density at radius 1 is 1.04 bits per heavy atom. The fourth-order valence-electron chi connectivity index (χ4n) is 4.20. The van der Waals surface area contributed by atoms with Crippen LogP contribution in [0.1, 0.15) is 90.4 Å². The average Bonchev–Trinajstić information content (AvgIpc) is 3.20. The highest BCUT2D eigenvalue weighted by molar-refractivity contribution is 8.00. The van der Waals surface area contributed by atoms with Crippen molar-refractivity contribution in [3.8, 4) is 0 Å². The number of carbonyl (C=O) groups excluding carboxylic acids is 2. The van der Waals surface area contributed by atoms with Crippen molar-refractivity contribution in [3.63, 3.8) is 0 Å². The van der Waals surface area contributed by atoms with Gasteiger partial charge in [-0.1, -0.05) is 58.3 Å². The van der Waals surface area contributed by atoms with E-state index in [9.17, 15) is 9.59 Å². The molecule has 7 heteroatoms. The van der Waals surface area contributed by atoms with Gasteiger partial charge < -0.3 is 22.1 Å². The lowest BCUT2D eigenvalue weighted by molar-refractivity contribution is -0.124. The summed E-state index contributed by atoms with van der Waals surface area (Å²) in [6, 6.07) is 0.447. The molecule has 2 amide bonds. The molecule has 0 saturated carbocycles. The molecule has 0 radical (unpaired) electrons. The molecule has 0 aromatic heterocycles. The molecule has 2 fully saturated rings. The first-order valence-electron chi connectivity index (χ1n) is 11.2. The van der Waals surface area contributed by atoms with E-state index in [1.165, 1.54) is 38.5 Å². The van der Waals surface area contributed by atoms with Gasteiger partial charge >= 0.3 is 6.03 Å². The summed E-state index contributed by atoms with van der Waals surface area (Å²) in [5.74, 6) is 0.962. The standard InChI is InChI=1S/C21H40N4O2S/c1-2-3-4-5-6-7-8-11-14-21(22,23)18(26)13-10-9-12-17-19-16(15-28-17)24-20(27)25-19/h16-17,19H,2-15,22-23H2,1H3,(H2,24,25,27)/t16-,17-,19-/m0/s1. The molecule has 0 aliphatic carbocycles. The van der Waals surface area contributed by atoms with Crippen LogP contribution in [0.15, 0.2) is 0 Å². The number of unbranched alkanes of at least 4 members (excludes halogenated alkanes) is 8. The summed E-state index contributed by atoms with van der Waals surface area (Å²) in [5, 5.41) is 6.41. The van der Waals surface area contributed by atoms with Crippen molar-refractivity contribution in [2.45, 2.75) is 113 Å². The summed E-state index contributed by atoms with van der Waals surface area (Å²) < 4.78 is 0. The first kappa shape index (κ1) is 23.5. The highest BCUT2D eigenvalue weighted by Gasteiger charge is 2.42. The molecule has 6 N–H and O–H groups in total. The van der Waals surface area contributed by atoms with Crippen LogP contribution in [0.25, 0.3) is 0 Å². The van der Waals surface area contributed by atoms with Crippen molar-refractivity contribution in [1.29, 1.82) is 0 Å². The normalized spacial score (nSPS) is 24.1. The van der Waals surface area contributed by atoms with Gasteiger partial charge in [-0.3, -0.25) is 4.79 Å². The second kappa shape index (κ2) is 12.0. The van der Waals surface area contributed by atoms with Crippen LogP contribution in [-0.2, 0) is 4.79 Å². The molecular weight excluding hydrogens is 372 g/mol. The van der Waals surface area contributed by atoms with Crippen LogP contribution in [-0.4, -0.2) is 40.6 Å². The topological polar surface area (TPSA) is 110 Å². The first-order valence-corrected chi connectivity index (χ1v) is 12.3. The second-order valence-electron chi connectivity index (χ2n) is 8.56. The SMILES string of the molecule is CCCCCCCCCCC(N)(N)C(=O)CCCC[C@@H]1SC[C@@H]2NC(=O)N[C@@H]21. The molecular formula is C21H40N4O2S. The fraction of sp³-hybridized carbons (Fsp3) is 0.905. The highest BCUT2D eigenvalue weighted by atomic mass is 32.2. The van der Waals surface area contributed by atoms with Crippen LogP contribution >= 0.6 is 11.8 Å². The molecule has 0 spiro atoms. The molecule has 6 nitrogen and oxygen atoms in total. The van der Waals surface area contributed by atoms with E-state index < -0.39 is 5.66 Å². The van der Waals surface area contributed by atoms with E-state index in [0.29, 0.717) is 18.1 Å². The lowest BCUT2D eigenvalue weighted by Crippen LogP contribution is -2.56. The van der Waals surface area contributed by atoms with Gasteiger partial charge in [-0.2, -0.15) is 11.8 Å². The third kappa shape index (κ3) is 7.56. The van der Waals surface area contributed by atoms with Gasteiger partial charge in [-0.05, 0) is 25.7 Å². The minimum atomic E-state index is -1.17. The zero-order valence-electron chi connectivity index (χ0n) is 17.5. The summed E-state index contributed by atoms with van der Waals surface area (Å²) in [6.07, 6.45) is 13.6. The molecule has 162 valence electrons. The van der Waals surface area contributed by atoms with Gasteiger partial charge in [0.2, 0.25) is 0 Å². The van der Waals surface area contributed by atoms with E-state index in [-0.39, 0.29) is 23.9 Å². The number of fused-ring (bicyclic) bond motifs is 1. The number of ketones is 1. The van der Waals surface area contributed by atoms with Crippen molar-refractivity contribution < 1.29 is 9.59 Å². The summed E-state index contributed by atoms with van der Waals surface area (Å²) in [5.41, 5.74) is 11.0. The minimum Gasteiger partial charge on any atom is -0.332 e. The predicted molar refractivity (Wildman–Crippen MR) is 117 cm³/mol. The fourth-order valence-corrected chi connectivity index (χ4v) is 5.74. The number of urea groups is 1. The van der Waals surface area contributed by atoms with Crippen LogP contribution in [0.2, 0.25) is 0 Å². The summed E-state index contributed by atoms with van der Waals surface area (Å²) in [4.78, 5) is 23.8. The summed E-state index contributed by atoms with van der Waals surface area (Å²) in [7, 11) is 0. The molecule has 2 aliphatic rings. The molecule has 2 heterocycles. The third-order valence-corrected chi connectivity index (χ3v) is 7.55. The second-order valence-corrected chi connectivity index (χ2v) is 9.83. The van der Waals surface area contributed by atoms with Crippen LogP contribution < -0.4 is 22.1 Å². The van der Waals surface area contributed by atoms with Gasteiger partial charge in [0.1, 0.15) is 5.66 Å². The number of nitrogens with one attached hydrogen (secondary N) is 2. The van der Waals surface area contributed by atoms with E-state index in [1.807, 2.05) is 11.8 Å². The maximum Gasteiger partial charge on any atom is 0.315 e. The molecule has 2 aliphatic heterocycles. The first-order chi connectivity index (χ1) is 13.4. The number of hydrogen-bond donors (Lipinski definition) is 4. The van der Waals surface area contributed by atoms with Gasteiger partial charge in [0.05, 0.1) is 12.1 Å². The van der Waals surface area contributed by atoms with E-state index in [2.05, 4.69) is 17.6 Å². The van der Waals surface area contributed by atoms with Crippen molar-refractivity contribution in [1.82, 2.24) is 10.6 Å². The lowest BCUT2D eigenvalue weighted by Gasteiger charge is -2.23. The average molecular weight is 413 g/mol. The van der Waals surface area contributed by atoms with Gasteiger partial charge in [-0.25, -0.2) is 4.79 Å². The van der Waals surface area contributed by atoms with Gasteiger partial charge in [0.15, 0.2) is 5.78 Å². The highest BCUT2D eigenvalue weighted by Crippen LogP contribution is 2.33. The molecule has 2 rings (SSSR count). The van der Waals surface area contributed by atoms with Gasteiger partial charge in [-0.15, -0.1) is 0 Å². The summed E-state index contributed by atoms with van der Waals surface area (Å²) >= 11 is 1.91. The number of Topliss-reactive ketones (excluding diaryl/α,β-unsaturated/α-hetero) is 1. The van der Waals surface area contributed by atoms with Crippen molar-refractivity contribution in [3.05, 3.63) is 0 Å². The molecule has 2 saturated heterocycles. The van der Waals surface area contributed by atoms with E-state index >= 15 is 0 Å². The predicted octanol–water partition coefficient (Wildman–Crippen LogP) is 3.43. The Morgan fingerprint density at radius 2 is 1.71 bits per heavy atom. The van der Waals surface area contributed by atoms with Crippen molar-refractivity contribution in [2.75, 3.05) is 5.75 Å². The Labute approximate surface area is 174 Å². The quantitative estimate of drug-likeness (QED) is 0.187. The molecule has 3 atom stereocenters. The zero-order chi connectivity index (χ0) is 20.4. The van der Waals surface area contributed by atoms with E-state index in [1.54, 1.807) is 0 Å². The maximum atomic E-state index is 12.4. The Kier molecular flexibility index (Phi) is 10.1. The number of rotatable bonds is 15. The molecule has 0 aromatic rings. The number of nitrogens with two attached hydrogens (primary N) is 2. The lowest BCUT2D eigenvalue weighted by atomic mass is 9.94. The minimum absolute atomic E-state index is 0.0109. The van der Waals surface area contributed by atoms with Crippen LogP contribution in [0, 0.1) is 0 Å². The third-order valence-electron chi connectivity index (χ3n) is 6.04. The van der Waals surface area contributed by atoms with E-state index in [4.69, 9.17) is 11.5 Å². The van der Waals surface area contributed by atoms with E-state index in [0.717, 1.165) is 37.9 Å². The van der Waals surface area contributed by atoms with Crippen LogP contribution in [0.5, 0.6) is 0 Å². The Balaban J connectivity index is 1.52. The Morgan fingerprint density at radius 3 is 2.43 bits per heavy atom. The van der Waals surface area contributed by atoms with Gasteiger partial charge in [0.25, 0.3) is 0 Å². The maximum absolute atomic E-state index is 12.4. The summed E-state index contributed by atoms with van der Waals surface area (Å²) in [6.45, 7) is 2.23. The Bertz CT molecular complexity index is 501.